The van der Waals surface area contributed by atoms with Gasteiger partial charge in [0.15, 0.2) is 0 Å². The van der Waals surface area contributed by atoms with Crippen LogP contribution in [-0.2, 0) is 54.5 Å². The molecule has 0 aromatic carbocycles. The second kappa shape index (κ2) is 16.0. The van der Waals surface area contributed by atoms with E-state index in [0.717, 1.165) is 0 Å². The largest absolute Gasteiger partial charge is 0.470 e. The van der Waals surface area contributed by atoms with Gasteiger partial charge in [0.2, 0.25) is 0 Å². The first kappa shape index (κ1) is 44.1. The second-order valence-electron chi connectivity index (χ2n) is 6.36. The Morgan fingerprint density at radius 1 is 0.289 bits per heavy atom. The van der Waals surface area contributed by atoms with Crippen molar-refractivity contribution in [3.05, 3.63) is 0 Å². The minimum atomic E-state index is -6.02. The molecule has 218 valence electrons. The molecule has 1 aliphatic carbocycles. The molecule has 24 nitrogen and oxygen atoms in total. The Balaban J connectivity index is 0. The molecule has 0 aromatic heterocycles. The molecule has 0 unspecified atom stereocenters. The molecule has 0 heterocycles. The van der Waals surface area contributed by atoms with Crippen molar-refractivity contribution in [3.8, 4) is 0 Å². The minimum Gasteiger partial charge on any atom is -0.303 e. The third kappa shape index (κ3) is 18.0. The molecule has 0 saturated heterocycles. The van der Waals surface area contributed by atoms with E-state index in [1.54, 1.807) is 0 Å². The molecule has 0 atom stereocenters. The first-order chi connectivity index (χ1) is 15.6. The summed E-state index contributed by atoms with van der Waals surface area (Å²) in [7, 11) is -36.1. The topological polar surface area (TPSA) is 401 Å². The Bertz CT molecular complexity index is 829. The summed E-state index contributed by atoms with van der Waals surface area (Å²) in [6, 6.07) is 0. The molecule has 38 heavy (non-hydrogen) atoms. The van der Waals surface area contributed by atoms with Gasteiger partial charge in [-0.05, 0) is 0 Å². The summed E-state index contributed by atoms with van der Waals surface area (Å²) in [6.45, 7) is 0. The fourth-order valence-electron chi connectivity index (χ4n) is 2.79. The second-order valence-corrected chi connectivity index (χ2v) is 13.5. The van der Waals surface area contributed by atoms with Crippen LogP contribution in [0.25, 0.3) is 0 Å². The number of phosphoric ester groups is 6. The molecule has 12 N–H and O–H groups in total. The van der Waals surface area contributed by atoms with E-state index < -0.39 is 83.6 Å². The van der Waals surface area contributed by atoms with E-state index in [2.05, 4.69) is 27.1 Å². The summed E-state index contributed by atoms with van der Waals surface area (Å²) >= 11 is 0. The molecule has 0 bridgehead atoms. The molecule has 1 fully saturated rings. The van der Waals surface area contributed by atoms with Crippen LogP contribution >= 0.6 is 46.9 Å². The van der Waals surface area contributed by atoms with Crippen molar-refractivity contribution in [1.29, 1.82) is 0 Å². The number of hydrogen-bond donors (Lipinski definition) is 12. The van der Waals surface area contributed by atoms with Gasteiger partial charge in [-0.15, -0.1) is 0 Å². The first-order valence-electron chi connectivity index (χ1n) is 8.01. The predicted molar refractivity (Wildman–Crippen MR) is 113 cm³/mol. The number of phosphoric acid groups is 6. The molecule has 0 aliphatic heterocycles. The van der Waals surface area contributed by atoms with Crippen LogP contribution in [0.2, 0.25) is 0 Å². The fraction of sp³-hybridized carbons (Fsp3) is 1.00. The van der Waals surface area contributed by atoms with E-state index >= 15 is 0 Å². The summed E-state index contributed by atoms with van der Waals surface area (Å²) in [5.41, 5.74) is 0. The average Bonchev–Trinajstić information content (AvgIpc) is 2.51. The van der Waals surface area contributed by atoms with Crippen LogP contribution in [0.3, 0.4) is 0 Å². The van der Waals surface area contributed by atoms with Gasteiger partial charge in [0.25, 0.3) is 0 Å². The summed E-state index contributed by atoms with van der Waals surface area (Å²) in [5, 5.41) is 0. The minimum absolute atomic E-state index is 0. The maximum atomic E-state index is 11.4. The van der Waals surface area contributed by atoms with E-state index in [-0.39, 0.29) is 103 Å². The van der Waals surface area contributed by atoms with Crippen LogP contribution in [0.5, 0.6) is 0 Å². The zero-order chi connectivity index (χ0) is 28.7. The Morgan fingerprint density at radius 3 is 0.421 bits per heavy atom. The van der Waals surface area contributed by atoms with Crippen molar-refractivity contribution in [2.24, 2.45) is 0 Å². The number of rotatable bonds is 12. The smallest absolute Gasteiger partial charge is 0.303 e. The van der Waals surface area contributed by atoms with Crippen molar-refractivity contribution in [1.82, 2.24) is 0 Å². The summed E-state index contributed by atoms with van der Waals surface area (Å²) in [6.07, 6.45) is -18.9. The Morgan fingerprint density at radius 2 is 0.368 bits per heavy atom. The van der Waals surface area contributed by atoms with Crippen molar-refractivity contribution >= 4 is 150 Å². The SMILES string of the molecule is O=P(O)(O)OC1C(OP(=O)(O)O)C(OP(=O)(O)O)C(OP(=O)(O)O)C(OP(=O)(O)O)C1OP(=O)(O)O.[K].[K]. The van der Waals surface area contributed by atoms with E-state index in [0.29, 0.717) is 0 Å². The van der Waals surface area contributed by atoms with E-state index in [4.69, 9.17) is 58.7 Å². The summed E-state index contributed by atoms with van der Waals surface area (Å²) in [4.78, 5) is 110. The van der Waals surface area contributed by atoms with Crippen molar-refractivity contribution in [2.75, 3.05) is 0 Å². The Hall–Kier alpha value is 3.93. The molecule has 1 aliphatic rings. The summed E-state index contributed by atoms with van der Waals surface area (Å²) < 4.78 is 93.1. The third-order valence-corrected chi connectivity index (χ3v) is 6.61. The molecule has 1 saturated carbocycles. The maximum absolute atomic E-state index is 11.4. The predicted octanol–water partition coefficient (Wildman–Crippen LogP) is -3.89. The number of hydrogen-bond acceptors (Lipinski definition) is 12. The molecule has 0 aromatic rings. The average molecular weight is 738 g/mol. The van der Waals surface area contributed by atoms with E-state index in [9.17, 15) is 27.4 Å². The van der Waals surface area contributed by atoms with Gasteiger partial charge in [0, 0.05) is 103 Å². The van der Waals surface area contributed by atoms with E-state index in [1.807, 2.05) is 0 Å². The van der Waals surface area contributed by atoms with Gasteiger partial charge < -0.3 is 58.7 Å². The molecule has 0 spiro atoms. The maximum Gasteiger partial charge on any atom is 0.470 e. The molecule has 0 amide bonds. The van der Waals surface area contributed by atoms with Gasteiger partial charge in [0.1, 0.15) is 36.6 Å². The standard InChI is InChI=1S/C6H18O24P6.2K/c7-31(8,9)25-1-2(26-32(10,11)12)4(28-34(16,17)18)6(30-36(22,23)24)5(29-35(19,20)21)3(1)27-33(13,14)15;;/h1-6H,(H2,7,8,9)(H2,10,11,12)(H2,13,14,15)(H2,16,17,18)(H2,19,20,21)(H2,22,23,24);;. The van der Waals surface area contributed by atoms with Gasteiger partial charge in [0.05, 0.1) is 0 Å². The van der Waals surface area contributed by atoms with Crippen LogP contribution in [0.4, 0.5) is 0 Å². The molecule has 2 radical (unpaired) electrons. The molecule has 32 heteroatoms. The van der Waals surface area contributed by atoms with Crippen LogP contribution in [0.1, 0.15) is 0 Å². The van der Waals surface area contributed by atoms with Crippen LogP contribution in [0.15, 0.2) is 0 Å². The van der Waals surface area contributed by atoms with Crippen LogP contribution < -0.4 is 0 Å². The van der Waals surface area contributed by atoms with Gasteiger partial charge >= 0.3 is 46.9 Å². The quantitative estimate of drug-likeness (QED) is 0.0672. The Kier molecular flexibility index (Phi) is 18.5. The van der Waals surface area contributed by atoms with Crippen molar-refractivity contribution in [2.45, 2.75) is 36.6 Å². The van der Waals surface area contributed by atoms with Crippen molar-refractivity contribution < 1.29 is 113 Å². The fourth-order valence-corrected chi connectivity index (χ4v) is 6.14. The monoisotopic (exact) mass is 738 g/mol. The normalized spacial score (nSPS) is 27.8. The zero-order valence-electron chi connectivity index (χ0n) is 18.4. The van der Waals surface area contributed by atoms with E-state index in [1.165, 1.54) is 0 Å². The van der Waals surface area contributed by atoms with Crippen molar-refractivity contribution in [3.63, 3.8) is 0 Å². The third-order valence-electron chi connectivity index (χ3n) is 3.50. The van der Waals surface area contributed by atoms with Gasteiger partial charge in [-0.3, -0.25) is 27.1 Å². The first-order valence-corrected chi connectivity index (χ1v) is 17.2. The van der Waals surface area contributed by atoms with Gasteiger partial charge in [-0.2, -0.15) is 0 Å². The summed E-state index contributed by atoms with van der Waals surface area (Å²) in [5.74, 6) is 0. The molecule has 1 rings (SSSR count). The molecular formula is C6H18K2O24P6. The molecular weight excluding hydrogens is 720 g/mol. The van der Waals surface area contributed by atoms with Crippen LogP contribution in [-0.4, -0.2) is 198 Å². The van der Waals surface area contributed by atoms with Gasteiger partial charge in [-0.25, -0.2) is 27.4 Å². The van der Waals surface area contributed by atoms with Crippen LogP contribution in [0, 0.1) is 0 Å². The van der Waals surface area contributed by atoms with Gasteiger partial charge in [-0.1, -0.05) is 0 Å². The Labute approximate surface area is 295 Å². The zero-order valence-corrected chi connectivity index (χ0v) is 30.0.